The lowest BCUT2D eigenvalue weighted by atomic mass is 9.99. The lowest BCUT2D eigenvalue weighted by molar-refractivity contribution is -0.277. The molecule has 1 aliphatic heterocycles. The average molecular weight is 418 g/mol. The van der Waals surface area contributed by atoms with Crippen LogP contribution in [0.15, 0.2) is 53.6 Å². The lowest BCUT2D eigenvalue weighted by Gasteiger charge is -2.39. The van der Waals surface area contributed by atoms with Crippen molar-refractivity contribution >= 4 is 12.1 Å². The summed E-state index contributed by atoms with van der Waals surface area (Å²) in [5, 5.41) is 52.2. The fourth-order valence-electron chi connectivity index (χ4n) is 2.82. The number of carbonyl (C=O) groups excluding carboxylic acids is 1. The van der Waals surface area contributed by atoms with Gasteiger partial charge in [-0.2, -0.15) is 5.10 Å². The van der Waals surface area contributed by atoms with Crippen LogP contribution in [0, 0.1) is 0 Å². The molecule has 1 fully saturated rings. The van der Waals surface area contributed by atoms with Crippen LogP contribution in [0.3, 0.4) is 0 Å². The molecule has 1 heterocycles. The van der Waals surface area contributed by atoms with E-state index in [1.807, 2.05) is 0 Å². The molecule has 0 radical (unpaired) electrons. The smallest absolute Gasteiger partial charge is 0.275 e. The molecule has 30 heavy (non-hydrogen) atoms. The van der Waals surface area contributed by atoms with Gasteiger partial charge >= 0.3 is 0 Å². The van der Waals surface area contributed by atoms with Crippen molar-refractivity contribution in [2.24, 2.45) is 5.10 Å². The van der Waals surface area contributed by atoms with E-state index in [1.165, 1.54) is 18.3 Å². The second-order valence-corrected chi connectivity index (χ2v) is 6.60. The van der Waals surface area contributed by atoms with Crippen molar-refractivity contribution in [3.63, 3.8) is 0 Å². The van der Waals surface area contributed by atoms with Crippen LogP contribution in [-0.4, -0.2) is 75.0 Å². The minimum Gasteiger partial charge on any atom is -0.507 e. The number of nitrogens with zero attached hydrogens (tertiary/aromatic N) is 1. The number of aliphatic hydroxyl groups excluding tert-OH is 4. The predicted molar refractivity (Wildman–Crippen MR) is 104 cm³/mol. The van der Waals surface area contributed by atoms with E-state index in [0.717, 1.165) is 0 Å². The van der Waals surface area contributed by atoms with Crippen molar-refractivity contribution in [3.05, 3.63) is 59.7 Å². The average Bonchev–Trinajstić information content (AvgIpc) is 2.75. The van der Waals surface area contributed by atoms with E-state index in [4.69, 9.17) is 9.47 Å². The number of amides is 1. The topological polar surface area (TPSA) is 161 Å². The largest absolute Gasteiger partial charge is 0.507 e. The number of nitrogens with one attached hydrogen (secondary N) is 1. The molecule has 1 amide bonds. The van der Waals surface area contributed by atoms with Gasteiger partial charge in [0.2, 0.25) is 6.29 Å². The Labute approximate surface area is 171 Å². The molecule has 10 nitrogen and oxygen atoms in total. The van der Waals surface area contributed by atoms with Crippen LogP contribution in [-0.2, 0) is 4.74 Å². The van der Waals surface area contributed by atoms with Gasteiger partial charge in [-0.3, -0.25) is 4.79 Å². The summed E-state index contributed by atoms with van der Waals surface area (Å²) in [5.74, 6) is -0.415. The first-order valence-corrected chi connectivity index (χ1v) is 9.09. The normalized spacial score (nSPS) is 26.5. The van der Waals surface area contributed by atoms with Gasteiger partial charge in [-0.05, 0) is 42.0 Å². The first-order valence-electron chi connectivity index (χ1n) is 9.09. The van der Waals surface area contributed by atoms with E-state index >= 15 is 0 Å². The number of aromatic hydroxyl groups is 1. The summed E-state index contributed by atoms with van der Waals surface area (Å²) in [6, 6.07) is 12.4. The summed E-state index contributed by atoms with van der Waals surface area (Å²) in [5.41, 5.74) is 3.02. The highest BCUT2D eigenvalue weighted by atomic mass is 16.7. The monoisotopic (exact) mass is 418 g/mol. The fourth-order valence-corrected chi connectivity index (χ4v) is 2.82. The van der Waals surface area contributed by atoms with Crippen LogP contribution >= 0.6 is 0 Å². The second kappa shape index (κ2) is 9.65. The highest BCUT2D eigenvalue weighted by Gasteiger charge is 2.44. The Morgan fingerprint density at radius 3 is 2.43 bits per heavy atom. The number of carbonyl (C=O) groups is 1. The minimum absolute atomic E-state index is 0.0953. The van der Waals surface area contributed by atoms with Gasteiger partial charge in [0.25, 0.3) is 5.91 Å². The van der Waals surface area contributed by atoms with E-state index in [9.17, 15) is 30.3 Å². The molecular formula is C20H22N2O8. The molecular weight excluding hydrogens is 396 g/mol. The number of phenolic OH excluding ortho intramolecular Hbond substituents is 1. The summed E-state index contributed by atoms with van der Waals surface area (Å²) in [7, 11) is 0. The Hall–Kier alpha value is -3.02. The fraction of sp³-hybridized carbons (Fsp3) is 0.300. The van der Waals surface area contributed by atoms with Gasteiger partial charge < -0.3 is 35.0 Å². The quantitative estimate of drug-likeness (QED) is 0.266. The molecule has 0 aliphatic carbocycles. The van der Waals surface area contributed by atoms with Crippen LogP contribution in [0.1, 0.15) is 15.9 Å². The van der Waals surface area contributed by atoms with E-state index < -0.39 is 43.2 Å². The van der Waals surface area contributed by atoms with Gasteiger partial charge in [-0.1, -0.05) is 12.1 Å². The molecule has 3 rings (SSSR count). The molecule has 2 aromatic carbocycles. The van der Waals surface area contributed by atoms with Crippen molar-refractivity contribution in [3.8, 4) is 11.5 Å². The Morgan fingerprint density at radius 1 is 1.07 bits per heavy atom. The molecule has 1 aliphatic rings. The van der Waals surface area contributed by atoms with E-state index in [2.05, 4.69) is 10.5 Å². The van der Waals surface area contributed by atoms with Gasteiger partial charge in [0.15, 0.2) is 0 Å². The Kier molecular flexibility index (Phi) is 6.98. The van der Waals surface area contributed by atoms with Gasteiger partial charge in [0, 0.05) is 0 Å². The molecule has 0 saturated carbocycles. The van der Waals surface area contributed by atoms with Crippen molar-refractivity contribution < 1.29 is 39.8 Å². The zero-order valence-corrected chi connectivity index (χ0v) is 15.7. The van der Waals surface area contributed by atoms with E-state index in [-0.39, 0.29) is 11.3 Å². The predicted octanol–water partition coefficient (Wildman–Crippen LogP) is -0.665. The number of para-hydroxylation sites is 1. The first kappa shape index (κ1) is 21.7. The standard InChI is InChI=1S/C20H22N2O8/c23-10-15-16(25)17(26)18(27)20(30-15)29-12-7-5-11(6-8-12)9-21-22-19(28)13-3-1-2-4-14(13)24/h1-9,15-18,20,23-27H,10H2,(H,22,28)/b21-9+/t15-,16-,17+,18-,20-/m1/s1. The summed E-state index contributed by atoms with van der Waals surface area (Å²) < 4.78 is 10.8. The van der Waals surface area contributed by atoms with Crippen LogP contribution < -0.4 is 10.2 Å². The second-order valence-electron chi connectivity index (χ2n) is 6.60. The number of hydrogen-bond donors (Lipinski definition) is 6. The summed E-state index contributed by atoms with van der Waals surface area (Å²) in [4.78, 5) is 12.0. The van der Waals surface area contributed by atoms with Crippen LogP contribution in [0.4, 0.5) is 0 Å². The first-order chi connectivity index (χ1) is 14.4. The molecule has 0 aromatic heterocycles. The molecule has 0 bridgehead atoms. The Bertz CT molecular complexity index is 887. The van der Waals surface area contributed by atoms with Crippen molar-refractivity contribution in [2.75, 3.05) is 6.61 Å². The number of rotatable bonds is 6. The highest BCUT2D eigenvalue weighted by Crippen LogP contribution is 2.24. The van der Waals surface area contributed by atoms with Gasteiger partial charge in [-0.15, -0.1) is 0 Å². The number of hydrazone groups is 1. The summed E-state index contributed by atoms with van der Waals surface area (Å²) in [6.07, 6.45) is -5.45. The third-order valence-electron chi connectivity index (χ3n) is 4.51. The summed E-state index contributed by atoms with van der Waals surface area (Å²) in [6.45, 7) is -0.549. The SMILES string of the molecule is O=C(N/N=C/c1ccc(O[C@@H]2O[C@H](CO)[C@@H](O)[C@H](O)[C@H]2O)cc1)c1ccccc1O. The van der Waals surface area contributed by atoms with Crippen LogP contribution in [0.5, 0.6) is 11.5 Å². The zero-order valence-electron chi connectivity index (χ0n) is 15.7. The van der Waals surface area contributed by atoms with Crippen molar-refractivity contribution in [1.82, 2.24) is 5.43 Å². The maximum absolute atomic E-state index is 12.0. The maximum Gasteiger partial charge on any atom is 0.275 e. The van der Waals surface area contributed by atoms with E-state index in [0.29, 0.717) is 11.3 Å². The number of ether oxygens (including phenoxy) is 2. The number of hydrogen-bond acceptors (Lipinski definition) is 9. The summed E-state index contributed by atoms with van der Waals surface area (Å²) >= 11 is 0. The highest BCUT2D eigenvalue weighted by molar-refractivity contribution is 5.97. The lowest BCUT2D eigenvalue weighted by Crippen LogP contribution is -2.60. The zero-order chi connectivity index (χ0) is 21.7. The minimum atomic E-state index is -1.53. The van der Waals surface area contributed by atoms with E-state index in [1.54, 1.807) is 36.4 Å². The van der Waals surface area contributed by atoms with Gasteiger partial charge in [0.1, 0.15) is 35.9 Å². The molecule has 10 heteroatoms. The van der Waals surface area contributed by atoms with Crippen molar-refractivity contribution in [1.29, 1.82) is 0 Å². The molecule has 1 saturated heterocycles. The number of phenols is 1. The molecule has 0 spiro atoms. The molecule has 2 aromatic rings. The van der Waals surface area contributed by atoms with Gasteiger partial charge in [0.05, 0.1) is 18.4 Å². The van der Waals surface area contributed by atoms with Crippen LogP contribution in [0.2, 0.25) is 0 Å². The maximum atomic E-state index is 12.0. The number of benzene rings is 2. The molecule has 160 valence electrons. The Balaban J connectivity index is 1.58. The van der Waals surface area contributed by atoms with Crippen LogP contribution in [0.25, 0.3) is 0 Å². The third-order valence-corrected chi connectivity index (χ3v) is 4.51. The number of aliphatic hydroxyl groups is 4. The molecule has 0 unspecified atom stereocenters. The Morgan fingerprint density at radius 2 is 1.77 bits per heavy atom. The molecule has 5 atom stereocenters. The third kappa shape index (κ3) is 4.93. The van der Waals surface area contributed by atoms with Crippen molar-refractivity contribution in [2.45, 2.75) is 30.7 Å². The molecule has 6 N–H and O–H groups in total. The van der Waals surface area contributed by atoms with Gasteiger partial charge in [-0.25, -0.2) is 5.43 Å².